The van der Waals surface area contributed by atoms with Gasteiger partial charge in [0.25, 0.3) is 0 Å². The SMILES string of the molecule is CCC=CCC1C(=O)CCC1CCOC(=O)CC1CCC(=O)C1CC=CCC. The normalized spacial score (nSPS) is 28.1. The molecule has 0 bridgehead atoms. The summed E-state index contributed by atoms with van der Waals surface area (Å²) in [6.45, 7) is 4.54. The highest BCUT2D eigenvalue weighted by atomic mass is 16.5. The van der Waals surface area contributed by atoms with Crippen LogP contribution in [0.5, 0.6) is 0 Å². The molecule has 2 rings (SSSR count). The van der Waals surface area contributed by atoms with E-state index in [2.05, 4.69) is 38.2 Å². The zero-order valence-electron chi connectivity index (χ0n) is 17.5. The smallest absolute Gasteiger partial charge is 0.306 e. The predicted molar refractivity (Wildman–Crippen MR) is 111 cm³/mol. The molecule has 0 aliphatic heterocycles. The van der Waals surface area contributed by atoms with Crippen molar-refractivity contribution in [3.8, 4) is 0 Å². The first-order chi connectivity index (χ1) is 13.6. The Morgan fingerprint density at radius 2 is 1.43 bits per heavy atom. The van der Waals surface area contributed by atoms with Gasteiger partial charge in [-0.05, 0) is 56.8 Å². The molecule has 4 unspecified atom stereocenters. The lowest BCUT2D eigenvalue weighted by atomic mass is 9.89. The fraction of sp³-hybridized carbons (Fsp3) is 0.708. The molecule has 0 saturated heterocycles. The molecule has 0 aromatic carbocycles. The number of ketones is 2. The van der Waals surface area contributed by atoms with Gasteiger partial charge < -0.3 is 4.74 Å². The third-order valence-corrected chi connectivity index (χ3v) is 6.25. The number of hydrogen-bond donors (Lipinski definition) is 0. The van der Waals surface area contributed by atoms with Crippen molar-refractivity contribution in [3.63, 3.8) is 0 Å². The Morgan fingerprint density at radius 3 is 2.00 bits per heavy atom. The summed E-state index contributed by atoms with van der Waals surface area (Å²) < 4.78 is 5.49. The minimum Gasteiger partial charge on any atom is -0.466 e. The van der Waals surface area contributed by atoms with Crippen LogP contribution < -0.4 is 0 Å². The number of ether oxygens (including phenoxy) is 1. The maximum Gasteiger partial charge on any atom is 0.306 e. The molecule has 4 nitrogen and oxygen atoms in total. The number of carbonyl (C=O) groups is 3. The molecule has 0 radical (unpaired) electrons. The number of hydrogen-bond acceptors (Lipinski definition) is 4. The molecular formula is C24H36O4. The van der Waals surface area contributed by atoms with E-state index in [1.165, 1.54) is 0 Å². The van der Waals surface area contributed by atoms with Gasteiger partial charge in [0, 0.05) is 31.1 Å². The predicted octanol–water partition coefficient (Wildman–Crippen LogP) is 5.21. The van der Waals surface area contributed by atoms with Crippen LogP contribution in [0.4, 0.5) is 0 Å². The van der Waals surface area contributed by atoms with Crippen LogP contribution in [0.2, 0.25) is 0 Å². The van der Waals surface area contributed by atoms with Crippen molar-refractivity contribution < 1.29 is 19.1 Å². The van der Waals surface area contributed by atoms with E-state index in [0.717, 1.165) is 44.9 Å². The fourth-order valence-electron chi connectivity index (χ4n) is 4.61. The first kappa shape index (κ1) is 22.6. The minimum absolute atomic E-state index is 0.0301. The highest BCUT2D eigenvalue weighted by molar-refractivity contribution is 5.85. The molecule has 0 heterocycles. The molecule has 28 heavy (non-hydrogen) atoms. The lowest BCUT2D eigenvalue weighted by Gasteiger charge is -2.18. The third-order valence-electron chi connectivity index (χ3n) is 6.25. The average Bonchev–Trinajstić information content (AvgIpc) is 3.19. The number of esters is 1. The van der Waals surface area contributed by atoms with Gasteiger partial charge in [0.05, 0.1) is 6.61 Å². The molecule has 156 valence electrons. The Bertz CT molecular complexity index is 589. The summed E-state index contributed by atoms with van der Waals surface area (Å²) in [4.78, 5) is 36.5. The van der Waals surface area contributed by atoms with Gasteiger partial charge in [0.1, 0.15) is 11.6 Å². The Morgan fingerprint density at radius 1 is 0.893 bits per heavy atom. The molecule has 2 aliphatic carbocycles. The minimum atomic E-state index is -0.198. The van der Waals surface area contributed by atoms with Crippen molar-refractivity contribution in [1.82, 2.24) is 0 Å². The van der Waals surface area contributed by atoms with E-state index in [0.29, 0.717) is 37.6 Å². The van der Waals surface area contributed by atoms with E-state index < -0.39 is 0 Å². The fourth-order valence-corrected chi connectivity index (χ4v) is 4.61. The van der Waals surface area contributed by atoms with Crippen LogP contribution in [0.25, 0.3) is 0 Å². The number of Topliss-reactive ketones (excluding diaryl/α,β-unsaturated/α-hetero) is 2. The maximum absolute atomic E-state index is 12.3. The molecule has 2 fully saturated rings. The van der Waals surface area contributed by atoms with Crippen LogP contribution in [0.3, 0.4) is 0 Å². The highest BCUT2D eigenvalue weighted by Gasteiger charge is 2.36. The molecule has 4 heteroatoms. The zero-order valence-corrected chi connectivity index (χ0v) is 17.5. The van der Waals surface area contributed by atoms with E-state index in [-0.39, 0.29) is 29.5 Å². The quantitative estimate of drug-likeness (QED) is 0.360. The number of carbonyl (C=O) groups excluding carboxylic acids is 3. The second kappa shape index (κ2) is 12.0. The number of rotatable bonds is 11. The van der Waals surface area contributed by atoms with E-state index in [9.17, 15) is 14.4 Å². The molecule has 0 amide bonds. The van der Waals surface area contributed by atoms with Crippen LogP contribution >= 0.6 is 0 Å². The summed E-state index contributed by atoms with van der Waals surface area (Å²) in [5.74, 6) is 0.927. The molecule has 0 N–H and O–H groups in total. The molecule has 2 saturated carbocycles. The number of allylic oxidation sites excluding steroid dienone is 4. The second-order valence-electron chi connectivity index (χ2n) is 8.19. The Labute approximate surface area is 169 Å². The van der Waals surface area contributed by atoms with E-state index >= 15 is 0 Å². The van der Waals surface area contributed by atoms with Crippen molar-refractivity contribution in [3.05, 3.63) is 24.3 Å². The summed E-state index contributed by atoms with van der Waals surface area (Å²) in [7, 11) is 0. The molecule has 0 aromatic rings. The molecule has 2 aliphatic rings. The summed E-state index contributed by atoms with van der Waals surface area (Å²) in [6.07, 6.45) is 15.9. The van der Waals surface area contributed by atoms with Crippen LogP contribution in [-0.2, 0) is 19.1 Å². The Hall–Kier alpha value is -1.71. The monoisotopic (exact) mass is 388 g/mol. The van der Waals surface area contributed by atoms with Gasteiger partial charge in [-0.3, -0.25) is 14.4 Å². The van der Waals surface area contributed by atoms with E-state index in [1.54, 1.807) is 0 Å². The summed E-state index contributed by atoms with van der Waals surface area (Å²) in [5, 5.41) is 0. The Balaban J connectivity index is 1.74. The van der Waals surface area contributed by atoms with Gasteiger partial charge in [-0.15, -0.1) is 0 Å². The van der Waals surface area contributed by atoms with Gasteiger partial charge in [-0.25, -0.2) is 0 Å². The summed E-state index contributed by atoms with van der Waals surface area (Å²) in [5.41, 5.74) is 0. The molecular weight excluding hydrogens is 352 g/mol. The van der Waals surface area contributed by atoms with Crippen molar-refractivity contribution in [2.24, 2.45) is 23.7 Å². The third kappa shape index (κ3) is 6.72. The van der Waals surface area contributed by atoms with Crippen LogP contribution in [0.15, 0.2) is 24.3 Å². The van der Waals surface area contributed by atoms with E-state index in [1.807, 2.05) is 0 Å². The van der Waals surface area contributed by atoms with Gasteiger partial charge in [0.2, 0.25) is 0 Å². The maximum atomic E-state index is 12.3. The molecule has 0 spiro atoms. The van der Waals surface area contributed by atoms with Crippen molar-refractivity contribution in [2.45, 2.75) is 78.1 Å². The molecule has 4 atom stereocenters. The van der Waals surface area contributed by atoms with Gasteiger partial charge in [-0.2, -0.15) is 0 Å². The lowest BCUT2D eigenvalue weighted by Crippen LogP contribution is -2.20. The lowest BCUT2D eigenvalue weighted by molar-refractivity contribution is -0.145. The summed E-state index contributed by atoms with van der Waals surface area (Å²) in [6, 6.07) is 0. The summed E-state index contributed by atoms with van der Waals surface area (Å²) >= 11 is 0. The first-order valence-electron chi connectivity index (χ1n) is 11.1. The highest BCUT2D eigenvalue weighted by Crippen LogP contribution is 2.35. The van der Waals surface area contributed by atoms with Crippen LogP contribution in [0.1, 0.15) is 78.1 Å². The van der Waals surface area contributed by atoms with Crippen molar-refractivity contribution in [1.29, 1.82) is 0 Å². The van der Waals surface area contributed by atoms with E-state index in [4.69, 9.17) is 4.74 Å². The van der Waals surface area contributed by atoms with Crippen molar-refractivity contribution in [2.75, 3.05) is 6.61 Å². The van der Waals surface area contributed by atoms with Crippen molar-refractivity contribution >= 4 is 17.5 Å². The van der Waals surface area contributed by atoms with Gasteiger partial charge >= 0.3 is 5.97 Å². The first-order valence-corrected chi connectivity index (χ1v) is 11.1. The zero-order chi connectivity index (χ0) is 20.4. The Kier molecular flexibility index (Phi) is 9.66. The van der Waals surface area contributed by atoms with Crippen LogP contribution in [0, 0.1) is 23.7 Å². The van der Waals surface area contributed by atoms with Gasteiger partial charge in [0.15, 0.2) is 0 Å². The standard InChI is InChI=1S/C24H36O4/c1-3-5-7-9-20-18(11-13-22(20)25)15-16-28-24(27)17-19-12-14-23(26)21(19)10-8-6-4-2/h5-8,18-21H,3-4,9-17H2,1-2H3. The van der Waals surface area contributed by atoms with Gasteiger partial charge in [-0.1, -0.05) is 38.2 Å². The topological polar surface area (TPSA) is 60.4 Å². The second-order valence-corrected chi connectivity index (χ2v) is 8.19. The molecule has 0 aromatic heterocycles. The van der Waals surface area contributed by atoms with Crippen LogP contribution in [-0.4, -0.2) is 24.1 Å². The average molecular weight is 389 g/mol. The largest absolute Gasteiger partial charge is 0.466 e.